The first-order valence-electron chi connectivity index (χ1n) is 12.5. The molecule has 1 aromatic carbocycles. The number of hydrogen-bond donors (Lipinski definition) is 1. The molecule has 3 heterocycles. The Morgan fingerprint density at radius 1 is 1.03 bits per heavy atom. The maximum atomic E-state index is 13.0. The Balaban J connectivity index is 1.18. The maximum Gasteiger partial charge on any atom is 0.318 e. The number of aromatic nitrogens is 2. The fourth-order valence-electron chi connectivity index (χ4n) is 5.25. The van der Waals surface area contributed by atoms with Gasteiger partial charge in [-0.25, -0.2) is 4.79 Å². The number of piperazine rings is 1. The lowest BCUT2D eigenvalue weighted by molar-refractivity contribution is 0.139. The van der Waals surface area contributed by atoms with Crippen LogP contribution in [0.25, 0.3) is 0 Å². The molecule has 2 atom stereocenters. The number of methoxy groups -OCH3 is 1. The van der Waals surface area contributed by atoms with Crippen molar-refractivity contribution in [1.29, 1.82) is 0 Å². The number of carbonyl (C=O) groups excluding carboxylic acids is 1. The summed E-state index contributed by atoms with van der Waals surface area (Å²) < 4.78 is 5.10. The molecule has 0 saturated carbocycles. The van der Waals surface area contributed by atoms with Crippen LogP contribution in [0.3, 0.4) is 0 Å². The van der Waals surface area contributed by atoms with Gasteiger partial charge in [-0.2, -0.15) is 0 Å². The minimum atomic E-state index is 0.0435. The Labute approximate surface area is 203 Å². The number of amides is 2. The third kappa shape index (κ3) is 6.17. The largest absolute Gasteiger partial charge is 0.480 e. The van der Waals surface area contributed by atoms with Crippen molar-refractivity contribution in [2.24, 2.45) is 5.92 Å². The van der Waals surface area contributed by atoms with Gasteiger partial charge in [-0.05, 0) is 63.7 Å². The van der Waals surface area contributed by atoms with E-state index >= 15 is 0 Å². The van der Waals surface area contributed by atoms with Gasteiger partial charge < -0.3 is 19.9 Å². The summed E-state index contributed by atoms with van der Waals surface area (Å²) in [6.07, 6.45) is 3.46. The zero-order chi connectivity index (χ0) is 23.9. The molecule has 4 rings (SSSR count). The number of nitrogens with zero attached hydrogens (tertiary/aromatic N) is 5. The molecule has 2 saturated heterocycles. The number of anilines is 1. The second-order valence-electron chi connectivity index (χ2n) is 9.67. The zero-order valence-electron chi connectivity index (χ0n) is 20.7. The van der Waals surface area contributed by atoms with Crippen LogP contribution in [0, 0.1) is 5.92 Å². The van der Waals surface area contributed by atoms with Crippen molar-refractivity contribution in [3.8, 4) is 5.88 Å². The first kappa shape index (κ1) is 24.3. The molecule has 0 bridgehead atoms. The average molecular weight is 467 g/mol. The van der Waals surface area contributed by atoms with E-state index in [9.17, 15) is 4.79 Å². The van der Waals surface area contributed by atoms with E-state index in [-0.39, 0.29) is 18.1 Å². The second kappa shape index (κ2) is 11.5. The van der Waals surface area contributed by atoms with Crippen LogP contribution in [0.2, 0.25) is 0 Å². The van der Waals surface area contributed by atoms with E-state index in [0.717, 1.165) is 51.5 Å². The number of piperidine rings is 1. The third-order valence-electron chi connectivity index (χ3n) is 7.10. The van der Waals surface area contributed by atoms with Gasteiger partial charge in [0.2, 0.25) is 5.88 Å². The minimum absolute atomic E-state index is 0.0435. The summed E-state index contributed by atoms with van der Waals surface area (Å²) in [4.78, 5) is 19.7. The molecule has 2 aliphatic rings. The number of benzene rings is 1. The van der Waals surface area contributed by atoms with Crippen LogP contribution < -0.4 is 15.0 Å². The Morgan fingerprint density at radius 3 is 2.35 bits per heavy atom. The highest BCUT2D eigenvalue weighted by Crippen LogP contribution is 2.23. The molecular weight excluding hydrogens is 428 g/mol. The SMILES string of the molecule is COc1ccc(N2C[C@@H](C)N(C(=O)NCCC3CCN(Cc4ccccc4)CC3)[C@H](C)C2)nn1. The molecule has 8 nitrogen and oxygen atoms in total. The van der Waals surface area contributed by atoms with Crippen LogP contribution in [0.1, 0.15) is 38.7 Å². The molecule has 2 fully saturated rings. The normalized spacial score (nSPS) is 22.0. The van der Waals surface area contributed by atoms with Crippen molar-refractivity contribution in [3.63, 3.8) is 0 Å². The van der Waals surface area contributed by atoms with Gasteiger partial charge in [0.05, 0.1) is 7.11 Å². The summed E-state index contributed by atoms with van der Waals surface area (Å²) in [5, 5.41) is 11.5. The highest BCUT2D eigenvalue weighted by Gasteiger charge is 2.33. The molecule has 2 aromatic rings. The number of urea groups is 1. The fraction of sp³-hybridized carbons (Fsp3) is 0.577. The Hall–Kier alpha value is -2.87. The summed E-state index contributed by atoms with van der Waals surface area (Å²) in [6.45, 7) is 9.72. The van der Waals surface area contributed by atoms with Gasteiger partial charge in [-0.3, -0.25) is 4.90 Å². The van der Waals surface area contributed by atoms with Crippen LogP contribution in [-0.4, -0.2) is 77.9 Å². The van der Waals surface area contributed by atoms with Gasteiger partial charge >= 0.3 is 6.03 Å². The highest BCUT2D eigenvalue weighted by atomic mass is 16.5. The highest BCUT2D eigenvalue weighted by molar-refractivity contribution is 5.75. The van der Waals surface area contributed by atoms with Crippen molar-refractivity contribution in [1.82, 2.24) is 25.3 Å². The van der Waals surface area contributed by atoms with Gasteiger partial charge in [0, 0.05) is 44.3 Å². The zero-order valence-corrected chi connectivity index (χ0v) is 20.7. The number of ether oxygens (including phenoxy) is 1. The molecule has 0 aliphatic carbocycles. The van der Waals surface area contributed by atoms with E-state index in [1.54, 1.807) is 7.11 Å². The predicted molar refractivity (Wildman–Crippen MR) is 134 cm³/mol. The summed E-state index contributed by atoms with van der Waals surface area (Å²) in [5.41, 5.74) is 1.38. The molecule has 1 aromatic heterocycles. The molecule has 0 radical (unpaired) electrons. The number of likely N-dealkylation sites (tertiary alicyclic amines) is 1. The molecule has 2 aliphatic heterocycles. The van der Waals surface area contributed by atoms with E-state index in [2.05, 4.69) is 69.5 Å². The van der Waals surface area contributed by atoms with Gasteiger partial charge in [0.15, 0.2) is 5.82 Å². The van der Waals surface area contributed by atoms with Crippen molar-refractivity contribution in [3.05, 3.63) is 48.0 Å². The summed E-state index contributed by atoms with van der Waals surface area (Å²) in [5.74, 6) is 2.01. The molecule has 0 unspecified atom stereocenters. The molecule has 2 amide bonds. The molecule has 0 spiro atoms. The van der Waals surface area contributed by atoms with Gasteiger partial charge in [-0.1, -0.05) is 30.3 Å². The van der Waals surface area contributed by atoms with Gasteiger partial charge in [0.1, 0.15) is 0 Å². The molecule has 1 N–H and O–H groups in total. The number of rotatable bonds is 7. The summed E-state index contributed by atoms with van der Waals surface area (Å²) >= 11 is 0. The van der Waals surface area contributed by atoms with Gasteiger partial charge in [0.25, 0.3) is 0 Å². The number of nitrogens with one attached hydrogen (secondary N) is 1. The standard InChI is InChI=1S/C26H38N6O2/c1-20-17-31(24-9-10-25(34-3)29-28-24)18-21(2)32(20)26(33)27-14-11-22-12-15-30(16-13-22)19-23-7-5-4-6-8-23/h4-10,20-22H,11-19H2,1-3H3,(H,27,33)/t20-,21-/m1/s1. The Bertz CT molecular complexity index is 889. The number of hydrogen-bond acceptors (Lipinski definition) is 6. The van der Waals surface area contributed by atoms with Crippen LogP contribution in [-0.2, 0) is 6.54 Å². The molecular formula is C26H38N6O2. The van der Waals surface area contributed by atoms with Crippen molar-refractivity contribution >= 4 is 11.8 Å². The quantitative estimate of drug-likeness (QED) is 0.674. The van der Waals surface area contributed by atoms with E-state index in [4.69, 9.17) is 4.74 Å². The van der Waals surface area contributed by atoms with E-state index < -0.39 is 0 Å². The lowest BCUT2D eigenvalue weighted by Crippen LogP contribution is -2.61. The number of carbonyl (C=O) groups is 1. The Morgan fingerprint density at radius 2 is 1.74 bits per heavy atom. The molecule has 184 valence electrons. The van der Waals surface area contributed by atoms with Crippen LogP contribution in [0.15, 0.2) is 42.5 Å². The maximum absolute atomic E-state index is 13.0. The van der Waals surface area contributed by atoms with E-state index in [1.807, 2.05) is 17.0 Å². The molecule has 34 heavy (non-hydrogen) atoms. The van der Waals surface area contributed by atoms with E-state index in [1.165, 1.54) is 18.4 Å². The minimum Gasteiger partial charge on any atom is -0.480 e. The average Bonchev–Trinajstić information content (AvgIpc) is 2.85. The fourth-order valence-corrected chi connectivity index (χ4v) is 5.25. The summed E-state index contributed by atoms with van der Waals surface area (Å²) in [7, 11) is 1.58. The lowest BCUT2D eigenvalue weighted by Gasteiger charge is -2.44. The third-order valence-corrected chi connectivity index (χ3v) is 7.10. The summed E-state index contributed by atoms with van der Waals surface area (Å²) in [6, 6.07) is 14.7. The second-order valence-corrected chi connectivity index (χ2v) is 9.67. The van der Waals surface area contributed by atoms with Crippen LogP contribution in [0.5, 0.6) is 5.88 Å². The Kier molecular flexibility index (Phi) is 8.21. The predicted octanol–water partition coefficient (Wildman–Crippen LogP) is 3.40. The first-order valence-corrected chi connectivity index (χ1v) is 12.5. The lowest BCUT2D eigenvalue weighted by atomic mass is 9.93. The van der Waals surface area contributed by atoms with Crippen LogP contribution in [0.4, 0.5) is 10.6 Å². The first-order chi connectivity index (χ1) is 16.5. The van der Waals surface area contributed by atoms with Crippen molar-refractivity contribution in [2.45, 2.75) is 51.7 Å². The molecule has 8 heteroatoms. The smallest absolute Gasteiger partial charge is 0.318 e. The van der Waals surface area contributed by atoms with Crippen LogP contribution >= 0.6 is 0 Å². The monoisotopic (exact) mass is 466 g/mol. The van der Waals surface area contributed by atoms with Crippen molar-refractivity contribution in [2.75, 3.05) is 44.7 Å². The van der Waals surface area contributed by atoms with Crippen molar-refractivity contribution < 1.29 is 9.53 Å². The van der Waals surface area contributed by atoms with E-state index in [0.29, 0.717) is 11.8 Å². The topological polar surface area (TPSA) is 73.8 Å². The van der Waals surface area contributed by atoms with Gasteiger partial charge in [-0.15, -0.1) is 10.2 Å².